The molecule has 1 aromatic heterocycles. The number of carbonyl (C=O) groups excluding carboxylic acids is 1. The van der Waals surface area contributed by atoms with Crippen LogP contribution in [0.25, 0.3) is 11.0 Å². The van der Waals surface area contributed by atoms with Crippen molar-refractivity contribution >= 4 is 16.9 Å². The van der Waals surface area contributed by atoms with E-state index in [1.165, 1.54) is 0 Å². The van der Waals surface area contributed by atoms with Gasteiger partial charge in [-0.15, -0.1) is 0 Å². The number of fused-ring (bicyclic) bond motifs is 2. The maximum Gasteiger partial charge on any atom is 0.290 e. The van der Waals surface area contributed by atoms with E-state index in [9.17, 15) is 9.59 Å². The van der Waals surface area contributed by atoms with E-state index in [0.717, 1.165) is 29.5 Å². The van der Waals surface area contributed by atoms with Crippen molar-refractivity contribution in [2.45, 2.75) is 39.7 Å². The molecule has 1 aliphatic heterocycles. The summed E-state index contributed by atoms with van der Waals surface area (Å²) < 4.78 is 6.05. The predicted molar refractivity (Wildman–Crippen MR) is 106 cm³/mol. The number of hydrogen-bond acceptors (Lipinski definition) is 3. The van der Waals surface area contributed by atoms with E-state index in [4.69, 9.17) is 4.42 Å². The lowest BCUT2D eigenvalue weighted by molar-refractivity contribution is 0.0725. The molecule has 1 atom stereocenters. The Labute approximate surface area is 158 Å². The zero-order chi connectivity index (χ0) is 19.1. The topological polar surface area (TPSA) is 50.5 Å². The fraction of sp³-hybridized carbons (Fsp3) is 0.304. The SMILES string of the molecule is CCCCN1C(=O)c2oc3c(C)cc(C)cc3c(=O)c2C1c1ccccc1. The van der Waals surface area contributed by atoms with E-state index in [0.29, 0.717) is 23.1 Å². The van der Waals surface area contributed by atoms with Crippen LogP contribution in [0.3, 0.4) is 0 Å². The van der Waals surface area contributed by atoms with Crippen LogP contribution in [0.4, 0.5) is 0 Å². The van der Waals surface area contributed by atoms with E-state index in [-0.39, 0.29) is 23.1 Å². The van der Waals surface area contributed by atoms with Gasteiger partial charge in [-0.3, -0.25) is 9.59 Å². The molecule has 0 aliphatic carbocycles. The highest BCUT2D eigenvalue weighted by molar-refractivity contribution is 5.99. The molecule has 27 heavy (non-hydrogen) atoms. The summed E-state index contributed by atoms with van der Waals surface area (Å²) in [6.07, 6.45) is 1.86. The van der Waals surface area contributed by atoms with Gasteiger partial charge in [-0.2, -0.15) is 0 Å². The Morgan fingerprint density at radius 1 is 1.07 bits per heavy atom. The third-order valence-electron chi connectivity index (χ3n) is 5.27. The molecule has 3 aromatic rings. The van der Waals surface area contributed by atoms with Crippen molar-refractivity contribution in [3.05, 3.63) is 80.7 Å². The van der Waals surface area contributed by atoms with E-state index >= 15 is 0 Å². The molecular weight excluding hydrogens is 338 g/mol. The van der Waals surface area contributed by atoms with Crippen molar-refractivity contribution in [2.75, 3.05) is 6.54 Å². The van der Waals surface area contributed by atoms with Gasteiger partial charge in [-0.25, -0.2) is 0 Å². The van der Waals surface area contributed by atoms with Crippen LogP contribution < -0.4 is 5.43 Å². The van der Waals surface area contributed by atoms with Crippen molar-refractivity contribution in [1.82, 2.24) is 4.90 Å². The Hall–Kier alpha value is -2.88. The summed E-state index contributed by atoms with van der Waals surface area (Å²) in [5.41, 5.74) is 3.72. The van der Waals surface area contributed by atoms with Gasteiger partial charge in [0.25, 0.3) is 5.91 Å². The second kappa shape index (κ2) is 6.69. The van der Waals surface area contributed by atoms with E-state index in [1.807, 2.05) is 56.3 Å². The number of aryl methyl sites for hydroxylation is 2. The standard InChI is InChI=1S/C23H23NO3/c1-4-5-11-24-19(16-9-7-6-8-10-16)18-20(25)17-13-14(2)12-15(3)21(17)27-22(18)23(24)26/h6-10,12-13,19H,4-5,11H2,1-3H3. The van der Waals surface area contributed by atoms with Crippen LogP contribution in [0.2, 0.25) is 0 Å². The molecule has 0 bridgehead atoms. The summed E-state index contributed by atoms with van der Waals surface area (Å²) in [6.45, 7) is 6.57. The van der Waals surface area contributed by atoms with Crippen LogP contribution in [-0.2, 0) is 0 Å². The molecule has 0 radical (unpaired) electrons. The van der Waals surface area contributed by atoms with Gasteiger partial charge in [0.2, 0.25) is 5.76 Å². The highest BCUT2D eigenvalue weighted by atomic mass is 16.3. The number of hydrogen-bond donors (Lipinski definition) is 0. The number of amides is 1. The second-order valence-corrected chi connectivity index (χ2v) is 7.30. The van der Waals surface area contributed by atoms with Crippen LogP contribution in [0.15, 0.2) is 51.7 Å². The molecule has 138 valence electrons. The summed E-state index contributed by atoms with van der Waals surface area (Å²) in [5.74, 6) is 0.00990. The normalized spacial score (nSPS) is 16.2. The van der Waals surface area contributed by atoms with Crippen molar-refractivity contribution in [3.8, 4) is 0 Å². The first kappa shape index (κ1) is 17.5. The van der Waals surface area contributed by atoms with E-state index in [1.54, 1.807) is 4.90 Å². The minimum absolute atomic E-state index is 0.0979. The molecule has 0 saturated carbocycles. The maximum absolute atomic E-state index is 13.4. The summed E-state index contributed by atoms with van der Waals surface area (Å²) in [6, 6.07) is 13.2. The summed E-state index contributed by atoms with van der Waals surface area (Å²) >= 11 is 0. The number of rotatable bonds is 4. The average molecular weight is 361 g/mol. The summed E-state index contributed by atoms with van der Waals surface area (Å²) in [7, 11) is 0. The van der Waals surface area contributed by atoms with Gasteiger partial charge in [0.1, 0.15) is 5.58 Å². The fourth-order valence-electron chi connectivity index (χ4n) is 4.02. The molecule has 0 saturated heterocycles. The van der Waals surface area contributed by atoms with Gasteiger partial charge in [0.15, 0.2) is 5.43 Å². The number of nitrogens with zero attached hydrogens (tertiary/aromatic N) is 1. The maximum atomic E-state index is 13.4. The zero-order valence-electron chi connectivity index (χ0n) is 15.9. The van der Waals surface area contributed by atoms with Crippen molar-refractivity contribution in [2.24, 2.45) is 0 Å². The summed E-state index contributed by atoms with van der Waals surface area (Å²) in [4.78, 5) is 28.4. The Bertz CT molecular complexity index is 1080. The fourth-order valence-corrected chi connectivity index (χ4v) is 4.02. The van der Waals surface area contributed by atoms with Crippen molar-refractivity contribution in [1.29, 1.82) is 0 Å². The highest BCUT2D eigenvalue weighted by Gasteiger charge is 2.42. The average Bonchev–Trinajstić information content (AvgIpc) is 2.94. The molecule has 0 fully saturated rings. The van der Waals surface area contributed by atoms with Crippen LogP contribution in [-0.4, -0.2) is 17.4 Å². The zero-order valence-corrected chi connectivity index (χ0v) is 15.9. The molecule has 1 aliphatic rings. The quantitative estimate of drug-likeness (QED) is 0.673. The Balaban J connectivity index is 2.01. The van der Waals surface area contributed by atoms with E-state index < -0.39 is 0 Å². The van der Waals surface area contributed by atoms with Gasteiger partial charge in [0, 0.05) is 6.54 Å². The molecule has 0 N–H and O–H groups in total. The monoisotopic (exact) mass is 361 g/mol. The third-order valence-corrected chi connectivity index (χ3v) is 5.27. The first-order valence-corrected chi connectivity index (χ1v) is 9.46. The lowest BCUT2D eigenvalue weighted by Gasteiger charge is -2.24. The third kappa shape index (κ3) is 2.76. The van der Waals surface area contributed by atoms with Crippen molar-refractivity contribution in [3.63, 3.8) is 0 Å². The van der Waals surface area contributed by atoms with Gasteiger partial charge in [-0.05, 0) is 43.0 Å². The first-order valence-electron chi connectivity index (χ1n) is 9.46. The molecule has 2 heterocycles. The lowest BCUT2D eigenvalue weighted by Crippen LogP contribution is -2.30. The van der Waals surface area contributed by atoms with Gasteiger partial charge >= 0.3 is 0 Å². The Kier molecular flexibility index (Phi) is 4.34. The molecule has 2 aromatic carbocycles. The minimum Gasteiger partial charge on any atom is -0.450 e. The number of unbranched alkanes of at least 4 members (excludes halogenated alkanes) is 1. The molecule has 4 rings (SSSR count). The smallest absolute Gasteiger partial charge is 0.290 e. The molecule has 0 spiro atoms. The highest BCUT2D eigenvalue weighted by Crippen LogP contribution is 2.38. The van der Waals surface area contributed by atoms with E-state index in [2.05, 4.69) is 6.92 Å². The Morgan fingerprint density at radius 3 is 2.52 bits per heavy atom. The molecule has 4 nitrogen and oxygen atoms in total. The van der Waals surface area contributed by atoms with Crippen LogP contribution in [0, 0.1) is 13.8 Å². The number of carbonyl (C=O) groups is 1. The molecular formula is C23H23NO3. The van der Waals surface area contributed by atoms with Crippen molar-refractivity contribution < 1.29 is 9.21 Å². The first-order chi connectivity index (χ1) is 13.0. The second-order valence-electron chi connectivity index (χ2n) is 7.30. The summed E-state index contributed by atoms with van der Waals surface area (Å²) in [5, 5.41) is 0.553. The molecule has 4 heteroatoms. The van der Waals surface area contributed by atoms with Crippen LogP contribution in [0.1, 0.15) is 58.6 Å². The largest absolute Gasteiger partial charge is 0.450 e. The predicted octanol–water partition coefficient (Wildman–Crippen LogP) is 4.76. The Morgan fingerprint density at radius 2 is 1.81 bits per heavy atom. The minimum atomic E-state index is -0.387. The molecule has 1 amide bonds. The van der Waals surface area contributed by atoms with Gasteiger partial charge in [-0.1, -0.05) is 49.7 Å². The van der Waals surface area contributed by atoms with Gasteiger partial charge in [0.05, 0.1) is 17.0 Å². The number of benzene rings is 2. The van der Waals surface area contributed by atoms with Crippen LogP contribution >= 0.6 is 0 Å². The molecule has 1 unspecified atom stereocenters. The van der Waals surface area contributed by atoms with Gasteiger partial charge < -0.3 is 9.32 Å². The lowest BCUT2D eigenvalue weighted by atomic mass is 9.97. The van der Waals surface area contributed by atoms with Crippen LogP contribution in [0.5, 0.6) is 0 Å².